The largest absolute Gasteiger partial charge is 0.379 e. The van der Waals surface area contributed by atoms with Crippen LogP contribution in [0.1, 0.15) is 32.0 Å². The minimum atomic E-state index is -3.77. The number of sulfonamides is 1. The van der Waals surface area contributed by atoms with Crippen LogP contribution in [-0.2, 0) is 14.8 Å². The summed E-state index contributed by atoms with van der Waals surface area (Å²) in [5, 5.41) is 0.355. The molecular formula is C23H21N3O5S. The topological polar surface area (TPSA) is 96.9 Å². The van der Waals surface area contributed by atoms with Gasteiger partial charge in [0.1, 0.15) is 0 Å². The fraction of sp³-hybridized carbons (Fsp3) is 0.261. The van der Waals surface area contributed by atoms with Crippen molar-refractivity contribution < 1.29 is 22.7 Å². The molecule has 0 aliphatic carbocycles. The summed E-state index contributed by atoms with van der Waals surface area (Å²) in [5.41, 5.74) is 2.78. The molecule has 0 saturated carbocycles. The molecule has 1 fully saturated rings. The van der Waals surface area contributed by atoms with Crippen molar-refractivity contribution in [1.29, 1.82) is 0 Å². The van der Waals surface area contributed by atoms with E-state index in [2.05, 4.69) is 4.98 Å². The van der Waals surface area contributed by atoms with Crippen LogP contribution in [0.25, 0.3) is 10.9 Å². The van der Waals surface area contributed by atoms with Crippen LogP contribution in [0.4, 0.5) is 5.69 Å². The Bertz CT molecular complexity index is 1380. The van der Waals surface area contributed by atoms with Gasteiger partial charge in [-0.15, -0.1) is 0 Å². The van der Waals surface area contributed by atoms with Crippen LogP contribution >= 0.6 is 0 Å². The van der Waals surface area contributed by atoms with Gasteiger partial charge in [0.15, 0.2) is 0 Å². The van der Waals surface area contributed by atoms with E-state index in [1.54, 1.807) is 25.1 Å². The molecule has 32 heavy (non-hydrogen) atoms. The lowest BCUT2D eigenvalue weighted by molar-refractivity contribution is 0.0730. The maximum atomic E-state index is 13.4. The predicted molar refractivity (Wildman–Crippen MR) is 118 cm³/mol. The average Bonchev–Trinajstić information content (AvgIpc) is 3.06. The number of benzene rings is 2. The molecule has 0 unspecified atom stereocenters. The van der Waals surface area contributed by atoms with Crippen molar-refractivity contribution in [2.24, 2.45) is 0 Å². The number of imide groups is 1. The number of hydrogen-bond donors (Lipinski definition) is 0. The van der Waals surface area contributed by atoms with Crippen molar-refractivity contribution in [3.63, 3.8) is 0 Å². The second kappa shape index (κ2) is 7.47. The SMILES string of the molecule is Cc1ccc(N2C(=O)c3c(C)nc4ccc(S(=O)(=O)N5CCOCC5)cc4c3C2=O)cc1. The summed E-state index contributed by atoms with van der Waals surface area (Å²) < 4.78 is 32.9. The molecule has 0 bridgehead atoms. The van der Waals surface area contributed by atoms with Gasteiger partial charge in [-0.25, -0.2) is 13.3 Å². The highest BCUT2D eigenvalue weighted by Gasteiger charge is 2.40. The summed E-state index contributed by atoms with van der Waals surface area (Å²) in [5.74, 6) is -0.938. The Kier molecular flexibility index (Phi) is 4.85. The zero-order valence-electron chi connectivity index (χ0n) is 17.7. The molecule has 3 heterocycles. The smallest absolute Gasteiger partial charge is 0.268 e. The molecule has 164 valence electrons. The maximum Gasteiger partial charge on any atom is 0.268 e. The number of ether oxygens (including phenoxy) is 1. The third-order valence-electron chi connectivity index (χ3n) is 5.87. The maximum absolute atomic E-state index is 13.4. The van der Waals surface area contributed by atoms with Crippen LogP contribution in [-0.4, -0.2) is 55.8 Å². The molecule has 0 N–H and O–H groups in total. The van der Waals surface area contributed by atoms with Gasteiger partial charge in [0, 0.05) is 18.5 Å². The van der Waals surface area contributed by atoms with Crippen LogP contribution in [0.2, 0.25) is 0 Å². The molecule has 2 aliphatic rings. The van der Waals surface area contributed by atoms with Gasteiger partial charge in [-0.2, -0.15) is 4.31 Å². The molecule has 0 radical (unpaired) electrons. The lowest BCUT2D eigenvalue weighted by Gasteiger charge is -2.26. The third kappa shape index (κ3) is 3.12. The monoisotopic (exact) mass is 451 g/mol. The van der Waals surface area contributed by atoms with Gasteiger partial charge in [-0.3, -0.25) is 14.6 Å². The first-order chi connectivity index (χ1) is 15.3. The molecule has 0 spiro atoms. The number of hydrogen-bond acceptors (Lipinski definition) is 6. The van der Waals surface area contributed by atoms with Crippen molar-refractivity contribution in [1.82, 2.24) is 9.29 Å². The number of carbonyl (C=O) groups is 2. The third-order valence-corrected chi connectivity index (χ3v) is 7.77. The molecule has 8 nitrogen and oxygen atoms in total. The molecule has 1 aromatic heterocycles. The highest BCUT2D eigenvalue weighted by molar-refractivity contribution is 7.89. The van der Waals surface area contributed by atoms with E-state index in [1.807, 2.05) is 19.1 Å². The van der Waals surface area contributed by atoms with Gasteiger partial charge >= 0.3 is 0 Å². The molecular weight excluding hydrogens is 430 g/mol. The van der Waals surface area contributed by atoms with Crippen molar-refractivity contribution in [3.05, 3.63) is 64.8 Å². The number of carbonyl (C=O) groups excluding carboxylic acids is 2. The molecule has 1 saturated heterocycles. The van der Waals surface area contributed by atoms with Crippen molar-refractivity contribution in [2.75, 3.05) is 31.2 Å². The van der Waals surface area contributed by atoms with E-state index < -0.39 is 21.8 Å². The Labute approximate surface area is 185 Å². The molecule has 3 aromatic rings. The van der Waals surface area contributed by atoms with Crippen molar-refractivity contribution in [3.8, 4) is 0 Å². The van der Waals surface area contributed by atoms with E-state index in [-0.39, 0.29) is 29.1 Å². The molecule has 0 atom stereocenters. The summed E-state index contributed by atoms with van der Waals surface area (Å²) in [6.07, 6.45) is 0. The van der Waals surface area contributed by atoms with E-state index >= 15 is 0 Å². The van der Waals surface area contributed by atoms with Crippen LogP contribution in [0.5, 0.6) is 0 Å². The molecule has 2 aliphatic heterocycles. The minimum absolute atomic E-state index is 0.0637. The number of amides is 2. The van der Waals surface area contributed by atoms with Crippen molar-refractivity contribution >= 4 is 38.4 Å². The second-order valence-electron chi connectivity index (χ2n) is 7.92. The summed E-state index contributed by atoms with van der Waals surface area (Å²) in [6.45, 7) is 4.81. The van der Waals surface area contributed by atoms with E-state index in [0.29, 0.717) is 35.5 Å². The van der Waals surface area contributed by atoms with Crippen LogP contribution in [0.15, 0.2) is 47.4 Å². The highest BCUT2D eigenvalue weighted by Crippen LogP contribution is 2.35. The number of anilines is 1. The number of nitrogens with zero attached hydrogens (tertiary/aromatic N) is 3. The van der Waals surface area contributed by atoms with Gasteiger partial charge in [-0.1, -0.05) is 17.7 Å². The second-order valence-corrected chi connectivity index (χ2v) is 9.86. The van der Waals surface area contributed by atoms with E-state index in [0.717, 1.165) is 10.5 Å². The number of rotatable bonds is 3. The Morgan fingerprint density at radius 2 is 1.56 bits per heavy atom. The van der Waals surface area contributed by atoms with Crippen LogP contribution in [0, 0.1) is 13.8 Å². The zero-order chi connectivity index (χ0) is 22.6. The zero-order valence-corrected chi connectivity index (χ0v) is 18.5. The first-order valence-corrected chi connectivity index (χ1v) is 11.7. The number of pyridine rings is 1. The first kappa shape index (κ1) is 20.7. The fourth-order valence-electron chi connectivity index (χ4n) is 4.19. The molecule has 2 aromatic carbocycles. The molecule has 9 heteroatoms. The summed E-state index contributed by atoms with van der Waals surface area (Å²) in [7, 11) is -3.77. The average molecular weight is 452 g/mol. The van der Waals surface area contributed by atoms with Crippen LogP contribution < -0.4 is 4.90 Å². The Morgan fingerprint density at radius 3 is 2.25 bits per heavy atom. The van der Waals surface area contributed by atoms with E-state index in [1.165, 1.54) is 16.4 Å². The van der Waals surface area contributed by atoms with Gasteiger partial charge in [-0.05, 0) is 44.2 Å². The van der Waals surface area contributed by atoms with Crippen LogP contribution in [0.3, 0.4) is 0 Å². The van der Waals surface area contributed by atoms with Gasteiger partial charge in [0.05, 0.1) is 46.1 Å². The first-order valence-electron chi connectivity index (χ1n) is 10.3. The Hall–Kier alpha value is -3.14. The lowest BCUT2D eigenvalue weighted by Crippen LogP contribution is -2.40. The lowest BCUT2D eigenvalue weighted by atomic mass is 10.0. The summed E-state index contributed by atoms with van der Waals surface area (Å²) >= 11 is 0. The fourth-order valence-corrected chi connectivity index (χ4v) is 5.62. The Balaban J connectivity index is 1.67. The standard InChI is InChI=1S/C23H21N3O5S/c1-14-3-5-16(6-4-14)26-22(27)20-15(2)24-19-8-7-17(13-18(19)21(20)23(26)28)32(29,30)25-9-11-31-12-10-25/h3-8,13H,9-12H2,1-2H3. The minimum Gasteiger partial charge on any atom is -0.379 e. The van der Waals surface area contributed by atoms with Gasteiger partial charge < -0.3 is 4.74 Å². The van der Waals surface area contributed by atoms with Gasteiger partial charge in [0.25, 0.3) is 11.8 Å². The summed E-state index contributed by atoms with van der Waals surface area (Å²) in [4.78, 5) is 32.3. The number of fused-ring (bicyclic) bond motifs is 3. The highest BCUT2D eigenvalue weighted by atomic mass is 32.2. The normalized spacial score (nSPS) is 17.2. The van der Waals surface area contributed by atoms with Crippen molar-refractivity contribution in [2.45, 2.75) is 18.7 Å². The molecule has 5 rings (SSSR count). The van der Waals surface area contributed by atoms with Gasteiger partial charge in [0.2, 0.25) is 10.0 Å². The predicted octanol–water partition coefficient (Wildman–Crippen LogP) is 2.67. The number of aryl methyl sites for hydroxylation is 2. The van der Waals surface area contributed by atoms with E-state index in [9.17, 15) is 18.0 Å². The summed E-state index contributed by atoms with van der Waals surface area (Å²) in [6, 6.07) is 11.6. The Morgan fingerprint density at radius 1 is 0.906 bits per heavy atom. The molecule has 2 amide bonds. The van der Waals surface area contributed by atoms with E-state index in [4.69, 9.17) is 4.74 Å². The number of morpholine rings is 1. The quantitative estimate of drug-likeness (QED) is 0.568. The number of aromatic nitrogens is 1.